The lowest BCUT2D eigenvalue weighted by Gasteiger charge is -1.81. The monoisotopic (exact) mass is 156 g/mol. The number of hydrogen-bond donors (Lipinski definition) is 0. The molecule has 8 heavy (non-hydrogen) atoms. The van der Waals surface area contributed by atoms with Gasteiger partial charge in [-0.1, -0.05) is 0 Å². The lowest BCUT2D eigenvalue weighted by Crippen LogP contribution is -1.48. The molecule has 0 rings (SSSR count). The van der Waals surface area contributed by atoms with E-state index in [1.54, 1.807) is 0 Å². The van der Waals surface area contributed by atoms with E-state index < -0.39 is 10.6 Å². The fourth-order valence-corrected chi connectivity index (χ4v) is 0. The van der Waals surface area contributed by atoms with Crippen LogP contribution in [0.1, 0.15) is 0 Å². The molecule has 0 bridgehead atoms. The highest BCUT2D eigenvalue weighted by Gasteiger charge is 1.65. The molecule has 0 aromatic rings. The molecule has 5 heteroatoms. The van der Waals surface area contributed by atoms with Crippen LogP contribution in [0.25, 0.3) is 0 Å². The predicted octanol–water partition coefficient (Wildman–Crippen LogP) is 0.354. The molecule has 0 aromatic carbocycles. The lowest BCUT2D eigenvalue weighted by atomic mass is 11.9. The predicted molar refractivity (Wildman–Crippen MR) is 34.4 cm³/mol. The van der Waals surface area contributed by atoms with Gasteiger partial charge in [0.25, 0.3) is 0 Å². The summed E-state index contributed by atoms with van der Waals surface area (Å²) in [6.07, 6.45) is 0. The molecule has 0 aliphatic heterocycles. The molecule has 0 amide bonds. The molecule has 0 fully saturated rings. The van der Waals surface area contributed by atoms with E-state index in [4.69, 9.17) is 12.6 Å². The van der Waals surface area contributed by atoms with E-state index in [1.807, 2.05) is 0 Å². The second kappa shape index (κ2) is 7.05. The van der Waals surface area contributed by atoms with E-state index in [0.717, 1.165) is 0 Å². The summed E-state index contributed by atoms with van der Waals surface area (Å²) < 4.78 is 25.3. The van der Waals surface area contributed by atoms with E-state index in [-0.39, 0.29) is 0 Å². The van der Waals surface area contributed by atoms with Gasteiger partial charge >= 0.3 is 10.6 Å². The van der Waals surface area contributed by atoms with Gasteiger partial charge in [0.2, 0.25) is 0 Å². The summed E-state index contributed by atoms with van der Waals surface area (Å²) in [6.45, 7) is 6.69. The Hall–Kier alpha value is 0.0500. The molecular formula is C3H9O3PS. The Bertz CT molecular complexity index is 112. The lowest BCUT2D eigenvalue weighted by molar-refractivity contribution is 0.559. The zero-order chi connectivity index (χ0) is 7.15. The summed E-state index contributed by atoms with van der Waals surface area (Å²) in [6, 6.07) is 0. The second-order valence-corrected chi connectivity index (χ2v) is 4.64. The van der Waals surface area contributed by atoms with Crippen LogP contribution in [0.3, 0.4) is 0 Å². The Morgan fingerprint density at radius 1 is 1.00 bits per heavy atom. The molecule has 3 nitrogen and oxygen atoms in total. The zero-order valence-corrected chi connectivity index (χ0v) is 6.79. The summed E-state index contributed by atoms with van der Waals surface area (Å²) in [5.41, 5.74) is 0. The molecule has 0 atom stereocenters. The van der Waals surface area contributed by atoms with Crippen molar-refractivity contribution in [1.29, 1.82) is 0 Å². The first-order valence-corrected chi connectivity index (χ1v) is 5.52. The van der Waals surface area contributed by atoms with E-state index >= 15 is 0 Å². The third-order valence-corrected chi connectivity index (χ3v) is 0. The van der Waals surface area contributed by atoms with Gasteiger partial charge in [-0.15, -0.1) is 20.5 Å². The van der Waals surface area contributed by atoms with Gasteiger partial charge in [0.05, 0.1) is 0 Å². The molecule has 0 N–H and O–H groups in total. The molecule has 0 heterocycles. The minimum absolute atomic E-state index is 0.380. The first-order chi connectivity index (χ1) is 3.46. The Balaban J connectivity index is 0. The molecule has 0 aliphatic carbocycles. The van der Waals surface area contributed by atoms with Gasteiger partial charge in [0, 0.05) is 0 Å². The fraction of sp³-hybridized carbons (Fsp3) is 1.00. The van der Waals surface area contributed by atoms with Gasteiger partial charge in [-0.25, -0.2) is 0 Å². The van der Waals surface area contributed by atoms with Gasteiger partial charge in [0.15, 0.2) is 0 Å². The Morgan fingerprint density at radius 2 is 1.00 bits per heavy atom. The minimum Gasteiger partial charge on any atom is -0.142 e. The molecule has 0 radical (unpaired) electrons. The van der Waals surface area contributed by atoms with Crippen LogP contribution in [0.4, 0.5) is 0 Å². The van der Waals surface area contributed by atoms with Crippen molar-refractivity contribution in [3.63, 3.8) is 0 Å². The topological polar surface area (TPSA) is 51.2 Å². The normalized spacial score (nSPS) is 7.50. The molecule has 0 aromatic heterocycles. The fourth-order valence-electron chi connectivity index (χ4n) is 0. The smallest absolute Gasteiger partial charge is 0.142 e. The van der Waals surface area contributed by atoms with Gasteiger partial charge in [0.1, 0.15) is 0 Å². The number of hydrogen-bond acceptors (Lipinski definition) is 3. The van der Waals surface area contributed by atoms with Crippen LogP contribution in [0.5, 0.6) is 0 Å². The van der Waals surface area contributed by atoms with Crippen LogP contribution in [0, 0.1) is 0 Å². The van der Waals surface area contributed by atoms with Gasteiger partial charge in [-0.3, -0.25) is 0 Å². The highest BCUT2D eigenvalue weighted by Crippen LogP contribution is 2.14. The zero-order valence-electron chi connectivity index (χ0n) is 5.08. The van der Waals surface area contributed by atoms with Crippen LogP contribution in [-0.4, -0.2) is 32.6 Å². The maximum atomic E-state index is 8.44. The van der Waals surface area contributed by atoms with Crippen molar-refractivity contribution < 1.29 is 12.6 Å². The van der Waals surface area contributed by atoms with Crippen molar-refractivity contribution >= 4 is 18.5 Å². The molecular weight excluding hydrogens is 147 g/mol. The van der Waals surface area contributed by atoms with E-state index in [2.05, 4.69) is 20.0 Å². The SMILES string of the molecule is CP(C)C.O=S(=O)=O. The first kappa shape index (κ1) is 10.9. The van der Waals surface area contributed by atoms with Crippen LogP contribution in [0.2, 0.25) is 0 Å². The Labute approximate surface area is 51.9 Å². The average Bonchev–Trinajstić information content (AvgIpc) is 1.25. The van der Waals surface area contributed by atoms with E-state index in [9.17, 15) is 0 Å². The summed E-state index contributed by atoms with van der Waals surface area (Å²) >= 11 is 0. The molecule has 50 valence electrons. The molecule has 0 aliphatic rings. The standard InChI is InChI=1S/C3H9P.O3S/c2*1-4(2)3/h1-3H3;. The van der Waals surface area contributed by atoms with Crippen LogP contribution < -0.4 is 0 Å². The van der Waals surface area contributed by atoms with Crippen molar-refractivity contribution in [2.24, 2.45) is 0 Å². The summed E-state index contributed by atoms with van der Waals surface area (Å²) in [5.74, 6) is 0. The molecule has 0 spiro atoms. The summed E-state index contributed by atoms with van der Waals surface area (Å²) in [7, 11) is -2.73. The van der Waals surface area contributed by atoms with Gasteiger partial charge in [-0.05, 0) is 20.0 Å². The van der Waals surface area contributed by atoms with Crippen LogP contribution >= 0.6 is 7.92 Å². The van der Waals surface area contributed by atoms with Crippen molar-refractivity contribution in [1.82, 2.24) is 0 Å². The highest BCUT2D eigenvalue weighted by molar-refractivity contribution is 7.59. The second-order valence-electron chi connectivity index (χ2n) is 1.55. The average molecular weight is 156 g/mol. The Morgan fingerprint density at radius 3 is 1.00 bits per heavy atom. The largest absolute Gasteiger partial charge is 0.425 e. The van der Waals surface area contributed by atoms with Crippen molar-refractivity contribution in [2.45, 2.75) is 0 Å². The Kier molecular flexibility index (Phi) is 9.63. The summed E-state index contributed by atoms with van der Waals surface area (Å²) in [5, 5.41) is 0. The molecule has 0 unspecified atom stereocenters. The minimum atomic E-state index is -3.11. The highest BCUT2D eigenvalue weighted by atomic mass is 32.2. The third-order valence-electron chi connectivity index (χ3n) is 0. The molecule has 0 saturated carbocycles. The van der Waals surface area contributed by atoms with Gasteiger partial charge in [-0.2, -0.15) is 0 Å². The van der Waals surface area contributed by atoms with E-state index in [0.29, 0.717) is 7.92 Å². The summed E-state index contributed by atoms with van der Waals surface area (Å²) in [4.78, 5) is 0. The molecule has 0 saturated heterocycles. The number of rotatable bonds is 0. The van der Waals surface area contributed by atoms with Gasteiger partial charge < -0.3 is 0 Å². The van der Waals surface area contributed by atoms with Crippen molar-refractivity contribution in [3.05, 3.63) is 0 Å². The maximum absolute atomic E-state index is 8.44. The van der Waals surface area contributed by atoms with E-state index in [1.165, 1.54) is 0 Å². The first-order valence-electron chi connectivity index (χ1n) is 1.84. The third kappa shape index (κ3) is 61700. The maximum Gasteiger partial charge on any atom is 0.425 e. The quantitative estimate of drug-likeness (QED) is 0.475. The van der Waals surface area contributed by atoms with Crippen LogP contribution in [0.15, 0.2) is 0 Å². The van der Waals surface area contributed by atoms with Crippen molar-refractivity contribution in [2.75, 3.05) is 20.0 Å². The van der Waals surface area contributed by atoms with Crippen LogP contribution in [-0.2, 0) is 10.6 Å². The van der Waals surface area contributed by atoms with Crippen molar-refractivity contribution in [3.8, 4) is 0 Å².